The lowest BCUT2D eigenvalue weighted by molar-refractivity contribution is -0.757. The first-order valence-electron chi connectivity index (χ1n) is 14.6. The fraction of sp³-hybridized carbons (Fsp3) is 0.516. The molecule has 3 unspecified atom stereocenters. The molecule has 3 atom stereocenters. The third kappa shape index (κ3) is 10.1. The quantitative estimate of drug-likeness (QED) is 0.132. The van der Waals surface area contributed by atoms with Gasteiger partial charge in [-0.15, -0.1) is 10.1 Å². The highest BCUT2D eigenvalue weighted by atomic mass is 16.9. The van der Waals surface area contributed by atoms with Crippen molar-refractivity contribution in [2.45, 2.75) is 83.5 Å². The smallest absolute Gasteiger partial charge is 0.329 e. The van der Waals surface area contributed by atoms with Gasteiger partial charge in [0, 0.05) is 13.0 Å². The number of carbonyl (C=O) groups is 3. The summed E-state index contributed by atoms with van der Waals surface area (Å²) in [4.78, 5) is 55.9. The van der Waals surface area contributed by atoms with Crippen LogP contribution in [0.1, 0.15) is 63.5 Å². The third-order valence-electron chi connectivity index (χ3n) is 7.20. The predicted octanol–water partition coefficient (Wildman–Crippen LogP) is 3.99. The first kappa shape index (κ1) is 32.5. The Bertz CT molecular complexity index is 1180. The lowest BCUT2D eigenvalue weighted by atomic mass is 9.93. The fourth-order valence-corrected chi connectivity index (χ4v) is 4.99. The van der Waals surface area contributed by atoms with E-state index in [0.29, 0.717) is 38.5 Å². The van der Waals surface area contributed by atoms with Crippen LogP contribution in [0.3, 0.4) is 0 Å². The van der Waals surface area contributed by atoms with Crippen molar-refractivity contribution < 1.29 is 33.8 Å². The Hall–Kier alpha value is -3.99. The van der Waals surface area contributed by atoms with Crippen molar-refractivity contribution in [3.05, 3.63) is 81.5 Å². The van der Waals surface area contributed by atoms with Gasteiger partial charge in [0.2, 0.25) is 5.91 Å². The van der Waals surface area contributed by atoms with Crippen LogP contribution in [0.2, 0.25) is 0 Å². The van der Waals surface area contributed by atoms with Crippen LogP contribution in [0.4, 0.5) is 0 Å². The molecule has 2 aliphatic rings. The maximum absolute atomic E-state index is 13.8. The number of carbonyl (C=O) groups excluding carboxylic acids is 3. The van der Waals surface area contributed by atoms with Gasteiger partial charge in [0.1, 0.15) is 12.1 Å². The predicted molar refractivity (Wildman–Crippen MR) is 155 cm³/mol. The van der Waals surface area contributed by atoms with Crippen molar-refractivity contribution in [2.24, 2.45) is 0 Å². The Morgan fingerprint density at radius 2 is 1.86 bits per heavy atom. The van der Waals surface area contributed by atoms with Gasteiger partial charge in [0.25, 0.3) is 5.09 Å². The Kier molecular flexibility index (Phi) is 13.2. The Balaban J connectivity index is 1.65. The average molecular weight is 584 g/mol. The molecule has 0 saturated heterocycles. The van der Waals surface area contributed by atoms with Gasteiger partial charge in [0.05, 0.1) is 25.9 Å². The Labute approximate surface area is 246 Å². The number of esters is 2. The maximum Gasteiger partial charge on any atom is 0.329 e. The Morgan fingerprint density at radius 3 is 2.62 bits per heavy atom. The van der Waals surface area contributed by atoms with E-state index in [1.54, 1.807) is 13.8 Å². The highest BCUT2D eigenvalue weighted by molar-refractivity contribution is 5.89. The van der Waals surface area contributed by atoms with E-state index in [2.05, 4.69) is 22.3 Å². The monoisotopic (exact) mass is 583 g/mol. The van der Waals surface area contributed by atoms with Crippen LogP contribution >= 0.6 is 0 Å². The van der Waals surface area contributed by atoms with Gasteiger partial charge in [-0.3, -0.25) is 14.9 Å². The summed E-state index contributed by atoms with van der Waals surface area (Å²) in [5.41, 5.74) is 3.01. The summed E-state index contributed by atoms with van der Waals surface area (Å²) in [5, 5.41) is 12.6. The van der Waals surface area contributed by atoms with Gasteiger partial charge >= 0.3 is 11.9 Å². The van der Waals surface area contributed by atoms with Gasteiger partial charge in [-0.05, 0) is 69.1 Å². The number of amides is 1. The normalized spacial score (nSPS) is 17.3. The van der Waals surface area contributed by atoms with Crippen LogP contribution in [0.5, 0.6) is 0 Å². The number of unbranched alkanes of at least 4 members (excludes halogenated alkanes) is 2. The second-order valence-corrected chi connectivity index (χ2v) is 10.3. The van der Waals surface area contributed by atoms with Gasteiger partial charge in [-0.1, -0.05) is 54.6 Å². The molecular formula is C31H41N3O8. The summed E-state index contributed by atoms with van der Waals surface area (Å²) in [6.07, 6.45) is 14.0. The molecule has 1 aromatic rings. The van der Waals surface area contributed by atoms with Crippen LogP contribution in [-0.4, -0.2) is 65.8 Å². The van der Waals surface area contributed by atoms with Crippen LogP contribution in [0.15, 0.2) is 60.2 Å². The highest BCUT2D eigenvalue weighted by Gasteiger charge is 2.38. The molecule has 1 aliphatic heterocycles. The second-order valence-electron chi connectivity index (χ2n) is 10.3. The molecule has 0 aromatic heterocycles. The van der Waals surface area contributed by atoms with E-state index in [1.165, 1.54) is 4.90 Å². The molecule has 0 saturated carbocycles. The van der Waals surface area contributed by atoms with Crippen LogP contribution in [-0.2, 0) is 41.7 Å². The number of ether oxygens (including phenoxy) is 2. The SMILES string of the molecule is CCOC(=O)C(CCC1=CC=CCC=C1)NC(C)C(=O)N1Cc2ccccc2CC1C(=O)OCCCCCO[N+](=O)[O-]. The molecule has 42 heavy (non-hydrogen) atoms. The van der Waals surface area contributed by atoms with Crippen LogP contribution in [0.25, 0.3) is 0 Å². The van der Waals surface area contributed by atoms with E-state index in [1.807, 2.05) is 42.5 Å². The minimum atomic E-state index is -0.832. The summed E-state index contributed by atoms with van der Waals surface area (Å²) in [7, 11) is 0. The number of fused-ring (bicyclic) bond motifs is 1. The maximum atomic E-state index is 13.8. The minimum absolute atomic E-state index is 0.00827. The molecule has 0 spiro atoms. The lowest BCUT2D eigenvalue weighted by Gasteiger charge is -2.37. The molecule has 1 heterocycles. The van der Waals surface area contributed by atoms with Crippen molar-refractivity contribution in [2.75, 3.05) is 19.8 Å². The fourth-order valence-electron chi connectivity index (χ4n) is 4.99. The molecule has 1 aromatic carbocycles. The third-order valence-corrected chi connectivity index (χ3v) is 7.20. The minimum Gasteiger partial charge on any atom is -0.465 e. The van der Waals surface area contributed by atoms with Gasteiger partial charge < -0.3 is 19.2 Å². The molecule has 11 heteroatoms. The molecule has 11 nitrogen and oxygen atoms in total. The largest absolute Gasteiger partial charge is 0.465 e. The van der Waals surface area contributed by atoms with Crippen molar-refractivity contribution in [1.82, 2.24) is 10.2 Å². The van der Waals surface area contributed by atoms with E-state index >= 15 is 0 Å². The average Bonchev–Trinajstić information content (AvgIpc) is 3.26. The van der Waals surface area contributed by atoms with E-state index in [9.17, 15) is 24.5 Å². The van der Waals surface area contributed by atoms with E-state index in [4.69, 9.17) is 9.47 Å². The number of benzene rings is 1. The summed E-state index contributed by atoms with van der Waals surface area (Å²) in [5.74, 6) is -1.24. The molecule has 228 valence electrons. The standard InChI is InChI=1S/C31H41N3O8/c1-3-40-30(36)27(18-17-24-13-7-4-5-8-14-24)32-23(2)29(35)33-22-26-16-10-9-15-25(26)21-28(33)31(37)41-19-11-6-12-20-42-34(38)39/h4,7-10,13-16,23,27-28,32H,3,5-6,11-12,17-22H2,1-2H3. The van der Waals surface area contributed by atoms with Crippen molar-refractivity contribution >= 4 is 17.8 Å². The zero-order chi connectivity index (χ0) is 30.3. The number of hydrogen-bond donors (Lipinski definition) is 1. The topological polar surface area (TPSA) is 137 Å². The van der Waals surface area contributed by atoms with E-state index in [0.717, 1.165) is 23.1 Å². The summed E-state index contributed by atoms with van der Waals surface area (Å²) in [6.45, 7) is 4.03. The zero-order valence-electron chi connectivity index (χ0n) is 24.4. The lowest BCUT2D eigenvalue weighted by Crippen LogP contribution is -2.56. The summed E-state index contributed by atoms with van der Waals surface area (Å²) < 4.78 is 10.8. The van der Waals surface area contributed by atoms with Gasteiger partial charge in [0.15, 0.2) is 0 Å². The Morgan fingerprint density at radius 1 is 1.10 bits per heavy atom. The molecule has 1 amide bonds. The molecular weight excluding hydrogens is 542 g/mol. The van der Waals surface area contributed by atoms with Crippen molar-refractivity contribution in [1.29, 1.82) is 0 Å². The molecule has 1 N–H and O–H groups in total. The summed E-state index contributed by atoms with van der Waals surface area (Å²) in [6, 6.07) is 5.39. The van der Waals surface area contributed by atoms with E-state index < -0.39 is 35.2 Å². The first-order valence-corrected chi connectivity index (χ1v) is 14.6. The van der Waals surface area contributed by atoms with Gasteiger partial charge in [-0.25, -0.2) is 4.79 Å². The molecule has 0 fully saturated rings. The van der Waals surface area contributed by atoms with Crippen molar-refractivity contribution in [3.8, 4) is 0 Å². The van der Waals surface area contributed by atoms with E-state index in [-0.39, 0.29) is 32.3 Å². The molecule has 3 rings (SSSR count). The van der Waals surface area contributed by atoms with Gasteiger partial charge in [-0.2, -0.15) is 0 Å². The van der Waals surface area contributed by atoms with Crippen LogP contribution in [0, 0.1) is 10.1 Å². The molecule has 0 bridgehead atoms. The number of nitrogens with zero attached hydrogens (tertiary/aromatic N) is 2. The number of hydrogen-bond acceptors (Lipinski definition) is 9. The first-order chi connectivity index (χ1) is 20.3. The van der Waals surface area contributed by atoms with Crippen LogP contribution < -0.4 is 5.32 Å². The summed E-state index contributed by atoms with van der Waals surface area (Å²) >= 11 is 0. The molecule has 0 radical (unpaired) electrons. The highest BCUT2D eigenvalue weighted by Crippen LogP contribution is 2.25. The molecule has 1 aliphatic carbocycles. The second kappa shape index (κ2) is 17.1. The number of rotatable bonds is 16. The number of nitrogens with one attached hydrogen (secondary N) is 1. The number of allylic oxidation sites excluding steroid dienone is 6. The zero-order valence-corrected chi connectivity index (χ0v) is 24.4. The van der Waals surface area contributed by atoms with Crippen molar-refractivity contribution in [3.63, 3.8) is 0 Å².